The number of hydrogen-bond donors (Lipinski definition) is 3. The molecule has 0 aliphatic rings. The summed E-state index contributed by atoms with van der Waals surface area (Å²) < 4.78 is 12.8. The number of carbonyl (C=O) groups excluding carboxylic acids is 1. The van der Waals surface area contributed by atoms with Gasteiger partial charge < -0.3 is 16.8 Å². The van der Waals surface area contributed by atoms with E-state index < -0.39 is 11.9 Å². The number of hydrogen-bond acceptors (Lipinski definition) is 6. The fourth-order valence-corrected chi connectivity index (χ4v) is 1.92. The molecule has 8 heteroatoms. The fraction of sp³-hybridized carbons (Fsp3) is 0. The number of nitrogens with zero attached hydrogens (tertiary/aromatic N) is 2. The van der Waals surface area contributed by atoms with Gasteiger partial charge in [0, 0.05) is 18.0 Å². The molecule has 0 fully saturated rings. The van der Waals surface area contributed by atoms with Gasteiger partial charge in [-0.1, -0.05) is 11.3 Å². The number of anilines is 3. The molecule has 0 radical (unpaired) electrons. The summed E-state index contributed by atoms with van der Waals surface area (Å²) in [6.45, 7) is 0. The molecule has 88 valence electrons. The van der Waals surface area contributed by atoms with Crippen molar-refractivity contribution in [3.8, 4) is 0 Å². The number of carbonyl (C=O) groups is 1. The molecule has 0 atom stereocenters. The zero-order chi connectivity index (χ0) is 12.4. The molecule has 0 aromatic carbocycles. The zero-order valence-corrected chi connectivity index (χ0v) is 9.29. The fourth-order valence-electron chi connectivity index (χ4n) is 1.17. The standard InChI is InChI=1S/C9H8FN5OS/c10-5-3-4(1-2-13-5)14-9-15-6(7(11)16)8(12)17-9/h1-3H,12H2,(H2,11,16)(H,13,14,15). The molecule has 2 rings (SSSR count). The second kappa shape index (κ2) is 4.34. The molecular formula is C9H8FN5OS. The van der Waals surface area contributed by atoms with E-state index in [9.17, 15) is 9.18 Å². The van der Waals surface area contributed by atoms with Gasteiger partial charge in [-0.3, -0.25) is 4.79 Å². The predicted molar refractivity (Wildman–Crippen MR) is 62.5 cm³/mol. The van der Waals surface area contributed by atoms with E-state index in [1.807, 2.05) is 0 Å². The number of nitrogens with one attached hydrogen (secondary N) is 1. The molecule has 0 aliphatic heterocycles. The third-order valence-corrected chi connectivity index (χ3v) is 2.66. The number of nitrogens with two attached hydrogens (primary N) is 2. The second-order valence-corrected chi connectivity index (χ2v) is 4.12. The molecule has 0 bridgehead atoms. The van der Waals surface area contributed by atoms with Crippen LogP contribution in [0.3, 0.4) is 0 Å². The average molecular weight is 253 g/mol. The minimum Gasteiger partial charge on any atom is -0.389 e. The van der Waals surface area contributed by atoms with Crippen LogP contribution in [0.5, 0.6) is 0 Å². The summed E-state index contributed by atoms with van der Waals surface area (Å²) in [6.07, 6.45) is 1.31. The van der Waals surface area contributed by atoms with Crippen molar-refractivity contribution < 1.29 is 9.18 Å². The number of aromatic nitrogens is 2. The zero-order valence-electron chi connectivity index (χ0n) is 8.48. The highest BCUT2D eigenvalue weighted by Gasteiger charge is 2.13. The van der Waals surface area contributed by atoms with Crippen LogP contribution in [-0.2, 0) is 0 Å². The van der Waals surface area contributed by atoms with Crippen molar-refractivity contribution in [1.29, 1.82) is 0 Å². The normalized spacial score (nSPS) is 10.2. The Bertz CT molecular complexity index is 570. The minimum absolute atomic E-state index is 0.00651. The van der Waals surface area contributed by atoms with Crippen LogP contribution in [0.4, 0.5) is 20.2 Å². The summed E-state index contributed by atoms with van der Waals surface area (Å²) in [4.78, 5) is 18.2. The minimum atomic E-state index is -0.701. The highest BCUT2D eigenvalue weighted by molar-refractivity contribution is 7.19. The first-order chi connectivity index (χ1) is 8.06. The van der Waals surface area contributed by atoms with Crippen LogP contribution < -0.4 is 16.8 Å². The molecule has 17 heavy (non-hydrogen) atoms. The highest BCUT2D eigenvalue weighted by atomic mass is 32.1. The van der Waals surface area contributed by atoms with E-state index in [-0.39, 0.29) is 10.7 Å². The summed E-state index contributed by atoms with van der Waals surface area (Å²) in [7, 11) is 0. The lowest BCUT2D eigenvalue weighted by Gasteiger charge is -2.00. The van der Waals surface area contributed by atoms with Crippen molar-refractivity contribution in [3.05, 3.63) is 30.0 Å². The van der Waals surface area contributed by atoms with Gasteiger partial charge in [-0.25, -0.2) is 9.97 Å². The molecular weight excluding hydrogens is 245 g/mol. The summed E-state index contributed by atoms with van der Waals surface area (Å²) in [5, 5.41) is 3.38. The van der Waals surface area contributed by atoms with Crippen molar-refractivity contribution in [2.75, 3.05) is 11.1 Å². The van der Waals surface area contributed by atoms with Crippen molar-refractivity contribution in [3.63, 3.8) is 0 Å². The van der Waals surface area contributed by atoms with Gasteiger partial charge in [-0.15, -0.1) is 0 Å². The number of pyridine rings is 1. The van der Waals surface area contributed by atoms with Crippen molar-refractivity contribution in [2.45, 2.75) is 0 Å². The van der Waals surface area contributed by atoms with Gasteiger partial charge in [-0.2, -0.15) is 4.39 Å². The molecule has 0 saturated heterocycles. The lowest BCUT2D eigenvalue weighted by atomic mass is 10.4. The third-order valence-electron chi connectivity index (χ3n) is 1.86. The number of rotatable bonds is 3. The summed E-state index contributed by atoms with van der Waals surface area (Å²) in [5.74, 6) is -1.32. The van der Waals surface area contributed by atoms with Crippen molar-refractivity contribution in [1.82, 2.24) is 9.97 Å². The molecule has 2 aromatic heterocycles. The topological polar surface area (TPSA) is 107 Å². The molecule has 0 unspecified atom stereocenters. The monoisotopic (exact) mass is 253 g/mol. The van der Waals surface area contributed by atoms with E-state index in [1.165, 1.54) is 12.3 Å². The van der Waals surface area contributed by atoms with Gasteiger partial charge in [0.15, 0.2) is 10.8 Å². The van der Waals surface area contributed by atoms with E-state index in [0.29, 0.717) is 10.8 Å². The quantitative estimate of drug-likeness (QED) is 0.710. The van der Waals surface area contributed by atoms with Crippen LogP contribution in [0, 0.1) is 5.95 Å². The highest BCUT2D eigenvalue weighted by Crippen LogP contribution is 2.27. The summed E-state index contributed by atoms with van der Waals surface area (Å²) >= 11 is 1.06. The molecule has 6 nitrogen and oxygen atoms in total. The van der Waals surface area contributed by atoms with Crippen LogP contribution >= 0.6 is 11.3 Å². The van der Waals surface area contributed by atoms with Crippen LogP contribution in [0.25, 0.3) is 0 Å². The van der Waals surface area contributed by atoms with Gasteiger partial charge in [0.1, 0.15) is 5.00 Å². The number of halogens is 1. The van der Waals surface area contributed by atoms with Crippen molar-refractivity contribution >= 4 is 33.1 Å². The lowest BCUT2D eigenvalue weighted by molar-refractivity contribution is 0.0997. The Hall–Kier alpha value is -2.22. The van der Waals surface area contributed by atoms with Gasteiger partial charge in [0.05, 0.1) is 0 Å². The molecule has 2 heterocycles. The first kappa shape index (κ1) is 11.3. The number of amides is 1. The van der Waals surface area contributed by atoms with Gasteiger partial charge in [-0.05, 0) is 6.07 Å². The smallest absolute Gasteiger partial charge is 0.270 e. The Balaban J connectivity index is 2.25. The number of primary amides is 1. The molecule has 5 N–H and O–H groups in total. The maximum Gasteiger partial charge on any atom is 0.270 e. The maximum atomic E-state index is 12.8. The first-order valence-electron chi connectivity index (χ1n) is 4.51. The van der Waals surface area contributed by atoms with E-state index >= 15 is 0 Å². The lowest BCUT2D eigenvalue weighted by Crippen LogP contribution is -2.13. The van der Waals surface area contributed by atoms with Gasteiger partial charge >= 0.3 is 0 Å². The maximum absolute atomic E-state index is 12.8. The van der Waals surface area contributed by atoms with Crippen LogP contribution in [0.15, 0.2) is 18.3 Å². The van der Waals surface area contributed by atoms with Gasteiger partial charge in [0.2, 0.25) is 5.95 Å². The number of thiazole rings is 1. The SMILES string of the molecule is NC(=O)c1nc(Nc2ccnc(F)c2)sc1N. The Kier molecular flexibility index (Phi) is 2.88. The summed E-state index contributed by atoms with van der Waals surface area (Å²) in [5.41, 5.74) is 11.1. The average Bonchev–Trinajstić information content (AvgIpc) is 2.59. The van der Waals surface area contributed by atoms with E-state index in [1.54, 1.807) is 6.07 Å². The molecule has 1 amide bonds. The number of nitrogen functional groups attached to an aromatic ring is 1. The molecule has 2 aromatic rings. The third kappa shape index (κ3) is 2.48. The van der Waals surface area contributed by atoms with Crippen LogP contribution in [-0.4, -0.2) is 15.9 Å². The summed E-state index contributed by atoms with van der Waals surface area (Å²) in [6, 6.07) is 2.76. The van der Waals surface area contributed by atoms with E-state index in [4.69, 9.17) is 11.5 Å². The second-order valence-electron chi connectivity index (χ2n) is 3.09. The largest absolute Gasteiger partial charge is 0.389 e. The molecule has 0 spiro atoms. The van der Waals surface area contributed by atoms with Crippen molar-refractivity contribution in [2.24, 2.45) is 5.73 Å². The Morgan fingerprint density at radius 1 is 1.53 bits per heavy atom. The first-order valence-corrected chi connectivity index (χ1v) is 5.32. The predicted octanol–water partition coefficient (Wildman–Crippen LogP) is 1.10. The van der Waals surface area contributed by atoms with Crippen LogP contribution in [0.2, 0.25) is 0 Å². The Morgan fingerprint density at radius 3 is 2.88 bits per heavy atom. The van der Waals surface area contributed by atoms with E-state index in [2.05, 4.69) is 15.3 Å². The molecule has 0 aliphatic carbocycles. The van der Waals surface area contributed by atoms with Gasteiger partial charge in [0.25, 0.3) is 5.91 Å². The van der Waals surface area contributed by atoms with E-state index in [0.717, 1.165) is 11.3 Å². The Morgan fingerprint density at radius 2 is 2.29 bits per heavy atom. The molecule has 0 saturated carbocycles. The van der Waals surface area contributed by atoms with Crippen LogP contribution in [0.1, 0.15) is 10.5 Å². The Labute approximate surface area is 99.5 Å².